The summed E-state index contributed by atoms with van der Waals surface area (Å²) in [5, 5.41) is 0.701. The van der Waals surface area contributed by atoms with E-state index in [1.54, 1.807) is 0 Å². The lowest BCUT2D eigenvalue weighted by atomic mass is 9.93. The van der Waals surface area contributed by atoms with Crippen molar-refractivity contribution in [3.63, 3.8) is 0 Å². The zero-order valence-electron chi connectivity index (χ0n) is 12.8. The van der Waals surface area contributed by atoms with Gasteiger partial charge in [-0.25, -0.2) is 0 Å². The van der Waals surface area contributed by atoms with Crippen molar-refractivity contribution >= 4 is 21.8 Å². The number of alkyl halides is 1. The van der Waals surface area contributed by atoms with Crippen molar-refractivity contribution < 1.29 is 4.79 Å². The molecule has 2 aromatic rings. The number of amides is 1. The monoisotopic (exact) mass is 357 g/mol. The van der Waals surface area contributed by atoms with Crippen LogP contribution in [0.5, 0.6) is 0 Å². The van der Waals surface area contributed by atoms with Gasteiger partial charge < -0.3 is 4.90 Å². The summed E-state index contributed by atoms with van der Waals surface area (Å²) in [7, 11) is 1.93. The van der Waals surface area contributed by atoms with Gasteiger partial charge in [0.1, 0.15) is 0 Å². The van der Waals surface area contributed by atoms with Crippen LogP contribution in [0.1, 0.15) is 34.7 Å². The van der Waals surface area contributed by atoms with Crippen LogP contribution < -0.4 is 0 Å². The highest BCUT2D eigenvalue weighted by atomic mass is 79.9. The summed E-state index contributed by atoms with van der Waals surface area (Å²) in [5.74, 6) is 0.174. The normalized spacial score (nSPS) is 13.9. The molecule has 0 aromatic heterocycles. The van der Waals surface area contributed by atoms with Crippen LogP contribution in [0, 0.1) is 0 Å². The minimum atomic E-state index is 0.0152. The maximum Gasteiger partial charge on any atom is 0.223 e. The molecule has 2 aromatic carbocycles. The van der Waals surface area contributed by atoms with Gasteiger partial charge in [-0.2, -0.15) is 0 Å². The molecule has 22 heavy (non-hydrogen) atoms. The number of rotatable bonds is 3. The van der Waals surface area contributed by atoms with Crippen LogP contribution in [0.25, 0.3) is 0 Å². The maximum atomic E-state index is 12.5. The van der Waals surface area contributed by atoms with Crippen molar-refractivity contribution in [2.75, 3.05) is 12.4 Å². The predicted molar refractivity (Wildman–Crippen MR) is 93.3 cm³/mol. The van der Waals surface area contributed by atoms with E-state index in [-0.39, 0.29) is 11.9 Å². The summed E-state index contributed by atoms with van der Waals surface area (Å²) in [6, 6.07) is 17.1. The third-order valence-electron chi connectivity index (χ3n) is 4.45. The SMILES string of the molecule is CN(C(=O)CCBr)C1c2ccccc2CCc2ccccc21. The Kier molecular flexibility index (Phi) is 4.63. The Hall–Kier alpha value is -1.61. The molecule has 0 aliphatic heterocycles. The number of benzene rings is 2. The second-order valence-electron chi connectivity index (χ2n) is 5.74. The van der Waals surface area contributed by atoms with Crippen LogP contribution in [0.2, 0.25) is 0 Å². The highest BCUT2D eigenvalue weighted by Gasteiger charge is 2.28. The van der Waals surface area contributed by atoms with E-state index in [0.29, 0.717) is 11.8 Å². The van der Waals surface area contributed by atoms with Gasteiger partial charge in [-0.15, -0.1) is 0 Å². The van der Waals surface area contributed by atoms with Crippen molar-refractivity contribution in [2.45, 2.75) is 25.3 Å². The maximum absolute atomic E-state index is 12.5. The molecular weight excluding hydrogens is 338 g/mol. The lowest BCUT2D eigenvalue weighted by Crippen LogP contribution is -2.32. The van der Waals surface area contributed by atoms with Gasteiger partial charge in [0, 0.05) is 18.8 Å². The third kappa shape index (κ3) is 2.82. The molecular formula is C19H20BrNO. The standard InChI is InChI=1S/C19H20BrNO/c1-21(18(22)12-13-20)19-16-8-4-2-6-14(16)10-11-15-7-3-5-9-17(15)19/h2-9,19H,10-13H2,1H3. The molecule has 0 N–H and O–H groups in total. The molecule has 1 aliphatic rings. The number of nitrogens with zero attached hydrogens (tertiary/aromatic N) is 1. The topological polar surface area (TPSA) is 20.3 Å². The van der Waals surface area contributed by atoms with Crippen LogP contribution in [0.3, 0.4) is 0 Å². The average molecular weight is 358 g/mol. The number of halogens is 1. The first-order valence-corrected chi connectivity index (χ1v) is 8.81. The van der Waals surface area contributed by atoms with E-state index in [1.165, 1.54) is 22.3 Å². The molecule has 0 heterocycles. The molecule has 1 amide bonds. The fourth-order valence-corrected chi connectivity index (χ4v) is 3.65. The quantitative estimate of drug-likeness (QED) is 0.756. The van der Waals surface area contributed by atoms with Gasteiger partial charge in [0.15, 0.2) is 0 Å². The molecule has 0 unspecified atom stereocenters. The number of carbonyl (C=O) groups excluding carboxylic acids is 1. The first kappa shape index (κ1) is 15.3. The molecule has 0 saturated heterocycles. The zero-order chi connectivity index (χ0) is 15.5. The van der Waals surface area contributed by atoms with E-state index in [4.69, 9.17) is 0 Å². The van der Waals surface area contributed by atoms with Crippen molar-refractivity contribution in [1.29, 1.82) is 0 Å². The highest BCUT2D eigenvalue weighted by molar-refractivity contribution is 9.09. The molecule has 3 heteroatoms. The van der Waals surface area contributed by atoms with Crippen LogP contribution >= 0.6 is 15.9 Å². The second kappa shape index (κ2) is 6.66. The minimum Gasteiger partial charge on any atom is -0.335 e. The lowest BCUT2D eigenvalue weighted by Gasteiger charge is -2.30. The number of carbonyl (C=O) groups is 1. The minimum absolute atomic E-state index is 0.0152. The first-order valence-electron chi connectivity index (χ1n) is 7.69. The largest absolute Gasteiger partial charge is 0.335 e. The molecule has 1 aliphatic carbocycles. The number of hydrogen-bond acceptors (Lipinski definition) is 1. The van der Waals surface area contributed by atoms with E-state index in [2.05, 4.69) is 64.5 Å². The summed E-state index contributed by atoms with van der Waals surface area (Å²) < 4.78 is 0. The van der Waals surface area contributed by atoms with Gasteiger partial charge in [-0.1, -0.05) is 64.5 Å². The van der Waals surface area contributed by atoms with Gasteiger partial charge in [-0.3, -0.25) is 4.79 Å². The van der Waals surface area contributed by atoms with E-state index < -0.39 is 0 Å². The molecule has 2 nitrogen and oxygen atoms in total. The second-order valence-corrected chi connectivity index (χ2v) is 6.54. The fraction of sp³-hybridized carbons (Fsp3) is 0.316. The van der Waals surface area contributed by atoms with Gasteiger partial charge >= 0.3 is 0 Å². The summed E-state index contributed by atoms with van der Waals surface area (Å²) in [4.78, 5) is 14.4. The van der Waals surface area contributed by atoms with Crippen LogP contribution in [0.15, 0.2) is 48.5 Å². The van der Waals surface area contributed by atoms with Crippen molar-refractivity contribution in [3.05, 3.63) is 70.8 Å². The summed E-state index contributed by atoms with van der Waals surface area (Å²) in [6.45, 7) is 0. The smallest absolute Gasteiger partial charge is 0.223 e. The van der Waals surface area contributed by atoms with Gasteiger partial charge in [-0.05, 0) is 35.1 Å². The Labute approximate surface area is 140 Å². The van der Waals surface area contributed by atoms with E-state index in [0.717, 1.165) is 12.8 Å². The van der Waals surface area contributed by atoms with E-state index in [1.807, 2.05) is 11.9 Å². The number of fused-ring (bicyclic) bond motifs is 2. The molecule has 0 spiro atoms. The predicted octanol–water partition coefficient (Wildman–Crippen LogP) is 4.12. The molecule has 114 valence electrons. The Balaban J connectivity index is 2.12. The highest BCUT2D eigenvalue weighted by Crippen LogP contribution is 2.36. The van der Waals surface area contributed by atoms with Crippen LogP contribution in [-0.2, 0) is 17.6 Å². The number of aryl methyl sites for hydroxylation is 2. The van der Waals surface area contributed by atoms with Crippen LogP contribution in [0.4, 0.5) is 0 Å². The Morgan fingerprint density at radius 1 is 1.05 bits per heavy atom. The summed E-state index contributed by atoms with van der Waals surface area (Å²) in [5.41, 5.74) is 5.22. The Morgan fingerprint density at radius 3 is 2.05 bits per heavy atom. The third-order valence-corrected chi connectivity index (χ3v) is 4.85. The van der Waals surface area contributed by atoms with Crippen molar-refractivity contribution in [3.8, 4) is 0 Å². The van der Waals surface area contributed by atoms with Crippen molar-refractivity contribution in [2.24, 2.45) is 0 Å². The summed E-state index contributed by atoms with van der Waals surface area (Å²) in [6.07, 6.45) is 2.59. The molecule has 0 radical (unpaired) electrons. The number of hydrogen-bond donors (Lipinski definition) is 0. The Morgan fingerprint density at radius 2 is 1.55 bits per heavy atom. The van der Waals surface area contributed by atoms with Gasteiger partial charge in [0.2, 0.25) is 5.91 Å². The zero-order valence-corrected chi connectivity index (χ0v) is 14.3. The molecule has 0 fully saturated rings. The van der Waals surface area contributed by atoms with E-state index in [9.17, 15) is 4.79 Å². The molecule has 0 bridgehead atoms. The molecule has 3 rings (SSSR count). The van der Waals surface area contributed by atoms with Crippen LogP contribution in [-0.4, -0.2) is 23.2 Å². The fourth-order valence-electron chi connectivity index (χ4n) is 3.31. The molecule has 0 saturated carbocycles. The van der Waals surface area contributed by atoms with Gasteiger partial charge in [0.05, 0.1) is 6.04 Å². The van der Waals surface area contributed by atoms with E-state index >= 15 is 0 Å². The average Bonchev–Trinajstić information content (AvgIpc) is 2.71. The van der Waals surface area contributed by atoms with Crippen molar-refractivity contribution in [1.82, 2.24) is 4.90 Å². The van der Waals surface area contributed by atoms with Gasteiger partial charge in [0.25, 0.3) is 0 Å². The molecule has 0 atom stereocenters. The first-order chi connectivity index (χ1) is 10.7. The summed E-state index contributed by atoms with van der Waals surface area (Å²) >= 11 is 3.37. The lowest BCUT2D eigenvalue weighted by molar-refractivity contribution is -0.130. The Bertz CT molecular complexity index is 635.